The van der Waals surface area contributed by atoms with Crippen molar-refractivity contribution in [3.63, 3.8) is 0 Å². The van der Waals surface area contributed by atoms with Gasteiger partial charge >= 0.3 is 12.1 Å². The first-order chi connectivity index (χ1) is 23.7. The van der Waals surface area contributed by atoms with Crippen molar-refractivity contribution in [1.29, 1.82) is 5.41 Å². The van der Waals surface area contributed by atoms with Crippen LogP contribution < -0.4 is 36.1 Å². The minimum atomic E-state index is -5.08. The minimum Gasteiger partial charge on any atom is -0.490 e. The van der Waals surface area contributed by atoms with Crippen LogP contribution in [0.25, 0.3) is 0 Å². The first-order valence-electron chi connectivity index (χ1n) is 15.1. The van der Waals surface area contributed by atoms with Gasteiger partial charge in [0.05, 0.1) is 18.3 Å². The van der Waals surface area contributed by atoms with Crippen molar-refractivity contribution in [3.05, 3.63) is 114 Å². The van der Waals surface area contributed by atoms with E-state index >= 15 is 0 Å². The molecule has 0 saturated heterocycles. The lowest BCUT2D eigenvalue weighted by atomic mass is 10.0. The average molecular weight is 696 g/mol. The number of nitrogens with one attached hydrogen (secondary N) is 4. The molecule has 0 saturated carbocycles. The van der Waals surface area contributed by atoms with Crippen LogP contribution in [-0.4, -0.2) is 47.6 Å². The van der Waals surface area contributed by atoms with Crippen LogP contribution in [0.5, 0.6) is 23.0 Å². The van der Waals surface area contributed by atoms with E-state index in [0.29, 0.717) is 46.4 Å². The summed E-state index contributed by atoms with van der Waals surface area (Å²) in [5.74, 6) is -1.98. The van der Waals surface area contributed by atoms with Gasteiger partial charge in [-0.2, -0.15) is 13.2 Å². The number of rotatable bonds is 12. The molecule has 15 heteroatoms. The Balaban J connectivity index is 0.000000872. The molecule has 4 rings (SSSR count). The van der Waals surface area contributed by atoms with Crippen LogP contribution in [0.1, 0.15) is 48.3 Å². The highest BCUT2D eigenvalue weighted by atomic mass is 19.4. The Hall–Kier alpha value is -6.25. The second-order valence-electron chi connectivity index (χ2n) is 10.5. The van der Waals surface area contributed by atoms with Crippen molar-refractivity contribution in [1.82, 2.24) is 10.9 Å². The molecule has 264 valence electrons. The van der Waals surface area contributed by atoms with E-state index in [4.69, 9.17) is 35.3 Å². The molecule has 0 heterocycles. The van der Waals surface area contributed by atoms with E-state index in [9.17, 15) is 22.8 Å². The van der Waals surface area contributed by atoms with Crippen LogP contribution in [0, 0.1) is 5.41 Å². The number of amidine groups is 1. The molecule has 12 nitrogen and oxygen atoms in total. The van der Waals surface area contributed by atoms with Crippen molar-refractivity contribution in [2.45, 2.75) is 39.1 Å². The monoisotopic (exact) mass is 695 g/mol. The molecular formula is C35H36F3N5O7. The maximum atomic E-state index is 13.6. The zero-order chi connectivity index (χ0) is 36.8. The molecule has 4 aromatic rings. The third-order valence-corrected chi connectivity index (χ3v) is 6.38. The van der Waals surface area contributed by atoms with Crippen LogP contribution in [-0.2, 0) is 9.59 Å². The largest absolute Gasteiger partial charge is 0.490 e. The number of aliphatic carboxylic acids is 1. The van der Waals surface area contributed by atoms with Crippen molar-refractivity contribution < 1.29 is 46.9 Å². The third-order valence-electron chi connectivity index (χ3n) is 6.38. The highest BCUT2D eigenvalue weighted by Gasteiger charge is 2.38. The second-order valence-corrected chi connectivity index (χ2v) is 10.5. The number of alkyl halides is 3. The molecule has 0 aromatic heterocycles. The van der Waals surface area contributed by atoms with Crippen LogP contribution in [0.15, 0.2) is 97.1 Å². The molecule has 4 aromatic carbocycles. The van der Waals surface area contributed by atoms with E-state index in [2.05, 4.69) is 16.2 Å². The highest BCUT2D eigenvalue weighted by molar-refractivity contribution is 5.99. The molecule has 7 N–H and O–H groups in total. The number of hydrogen-bond acceptors (Lipinski definition) is 8. The zero-order valence-electron chi connectivity index (χ0n) is 27.2. The van der Waals surface area contributed by atoms with Gasteiger partial charge in [0.1, 0.15) is 23.4 Å². The summed E-state index contributed by atoms with van der Waals surface area (Å²) >= 11 is 0. The lowest BCUT2D eigenvalue weighted by molar-refractivity contribution is -0.192. The topological polar surface area (TPSA) is 185 Å². The summed E-state index contributed by atoms with van der Waals surface area (Å²) in [6.07, 6.45) is -5.16. The summed E-state index contributed by atoms with van der Waals surface area (Å²) in [7, 11) is 0. The number of ether oxygens (including phenoxy) is 3. The Kier molecular flexibility index (Phi) is 13.6. The van der Waals surface area contributed by atoms with E-state index in [1.54, 1.807) is 78.9 Å². The summed E-state index contributed by atoms with van der Waals surface area (Å²) in [6.45, 7) is 6.09. The number of nitrogen functional groups attached to an aromatic ring is 1. The Morgan fingerprint density at radius 3 is 2.06 bits per heavy atom. The highest BCUT2D eigenvalue weighted by Crippen LogP contribution is 2.33. The van der Waals surface area contributed by atoms with Crippen LogP contribution in [0.3, 0.4) is 0 Å². The van der Waals surface area contributed by atoms with Gasteiger partial charge in [0.15, 0.2) is 11.5 Å². The number of amides is 2. The van der Waals surface area contributed by atoms with Crippen molar-refractivity contribution in [2.24, 2.45) is 5.73 Å². The van der Waals surface area contributed by atoms with Gasteiger partial charge in [-0.25, -0.2) is 4.79 Å². The molecule has 0 fully saturated rings. The Labute approximate surface area is 285 Å². The summed E-state index contributed by atoms with van der Waals surface area (Å²) < 4.78 is 49.3. The van der Waals surface area contributed by atoms with E-state index in [1.165, 1.54) is 0 Å². The summed E-state index contributed by atoms with van der Waals surface area (Å²) in [4.78, 5) is 35.7. The standard InChI is InChI=1S/C33H35N5O5.C2HF3O2/c1-4-41-29-20-23(16-19-28(29)42-21(2)3)30(36-24-17-14-22(15-18-24)31(34)35)33(40)38-37-32(39)26-12-8-9-13-27(26)43-25-10-6-5-7-11-25;3-2(4,5)1(6)7/h5-21,30,36H,4H2,1-3H3,(H3,34,35)(H,37,39)(H,38,40);(H,6,7). The van der Waals surface area contributed by atoms with E-state index in [-0.39, 0.29) is 17.5 Å². The molecule has 0 spiro atoms. The van der Waals surface area contributed by atoms with E-state index < -0.39 is 30.0 Å². The van der Waals surface area contributed by atoms with Gasteiger partial charge in [0, 0.05) is 11.3 Å². The number of nitrogens with two attached hydrogens (primary N) is 1. The van der Waals surface area contributed by atoms with Crippen LogP contribution in [0.4, 0.5) is 18.9 Å². The maximum absolute atomic E-state index is 13.6. The van der Waals surface area contributed by atoms with Gasteiger partial charge in [-0.05, 0) is 87.0 Å². The number of para-hydroxylation sites is 2. The molecular weight excluding hydrogens is 659 g/mol. The molecule has 0 radical (unpaired) electrons. The van der Waals surface area contributed by atoms with Crippen molar-refractivity contribution >= 4 is 29.3 Å². The fraction of sp³-hybridized carbons (Fsp3) is 0.200. The quantitative estimate of drug-likeness (QED) is 0.0571. The number of carboxylic acids is 1. The number of anilines is 1. The Morgan fingerprint density at radius 1 is 0.860 bits per heavy atom. The minimum absolute atomic E-state index is 0.0674. The molecule has 1 atom stereocenters. The number of carbonyl (C=O) groups is 3. The lowest BCUT2D eigenvalue weighted by Gasteiger charge is -2.22. The molecule has 0 aliphatic heterocycles. The molecule has 0 aliphatic carbocycles. The third kappa shape index (κ3) is 11.5. The first kappa shape index (κ1) is 38.2. The summed E-state index contributed by atoms with van der Waals surface area (Å²) in [5, 5.41) is 18.0. The Morgan fingerprint density at radius 2 is 1.48 bits per heavy atom. The van der Waals surface area contributed by atoms with Crippen molar-refractivity contribution in [2.75, 3.05) is 11.9 Å². The SMILES string of the molecule is CCOc1cc(C(Nc2ccc(C(=N)N)cc2)C(=O)NNC(=O)c2ccccc2Oc2ccccc2)ccc1OC(C)C.O=C(O)C(F)(F)F. The van der Waals surface area contributed by atoms with E-state index in [1.807, 2.05) is 39.0 Å². The van der Waals surface area contributed by atoms with Gasteiger partial charge in [-0.3, -0.25) is 25.8 Å². The first-order valence-corrected chi connectivity index (χ1v) is 15.1. The normalized spacial score (nSPS) is 11.3. The van der Waals surface area contributed by atoms with Gasteiger partial charge in [-0.15, -0.1) is 0 Å². The second kappa shape index (κ2) is 17.8. The van der Waals surface area contributed by atoms with Gasteiger partial charge < -0.3 is 30.4 Å². The zero-order valence-corrected chi connectivity index (χ0v) is 27.2. The van der Waals surface area contributed by atoms with Gasteiger partial charge in [0.2, 0.25) is 0 Å². The van der Waals surface area contributed by atoms with Crippen LogP contribution >= 0.6 is 0 Å². The number of carbonyl (C=O) groups excluding carboxylic acids is 2. The summed E-state index contributed by atoms with van der Waals surface area (Å²) in [6, 6.07) is 26.9. The number of hydrogen-bond donors (Lipinski definition) is 6. The fourth-order valence-corrected chi connectivity index (χ4v) is 4.15. The Bertz CT molecular complexity index is 1770. The van der Waals surface area contributed by atoms with Gasteiger partial charge in [0.25, 0.3) is 11.8 Å². The molecule has 2 amide bonds. The molecule has 1 unspecified atom stereocenters. The predicted molar refractivity (Wildman–Crippen MR) is 179 cm³/mol. The average Bonchev–Trinajstić information content (AvgIpc) is 3.07. The number of hydrazine groups is 1. The number of benzene rings is 4. The number of carboxylic acid groups (broad SMARTS) is 1. The van der Waals surface area contributed by atoms with Gasteiger partial charge in [-0.1, -0.05) is 36.4 Å². The maximum Gasteiger partial charge on any atom is 0.490 e. The molecule has 0 aliphatic rings. The van der Waals surface area contributed by atoms with E-state index in [0.717, 1.165) is 0 Å². The molecule has 50 heavy (non-hydrogen) atoms. The molecule has 0 bridgehead atoms. The fourth-order valence-electron chi connectivity index (χ4n) is 4.15. The predicted octanol–water partition coefficient (Wildman–Crippen LogP) is 6.20. The van der Waals surface area contributed by atoms with Crippen molar-refractivity contribution in [3.8, 4) is 23.0 Å². The van der Waals surface area contributed by atoms with Crippen LogP contribution in [0.2, 0.25) is 0 Å². The smallest absolute Gasteiger partial charge is 0.490 e. The number of halogens is 3. The lowest BCUT2D eigenvalue weighted by Crippen LogP contribution is -2.45. The summed E-state index contributed by atoms with van der Waals surface area (Å²) in [5.41, 5.74) is 12.6.